The van der Waals surface area contributed by atoms with Crippen LogP contribution in [0.1, 0.15) is 19.3 Å². The first kappa shape index (κ1) is 18.9. The van der Waals surface area contributed by atoms with Gasteiger partial charge < -0.3 is 25.0 Å². The van der Waals surface area contributed by atoms with Gasteiger partial charge in [-0.2, -0.15) is 0 Å². The third-order valence-corrected chi connectivity index (χ3v) is 4.42. The monoisotopic (exact) mass is 349 g/mol. The molecular weight excluding hydrogens is 322 g/mol. The number of amides is 3. The van der Waals surface area contributed by atoms with Gasteiger partial charge in [0.25, 0.3) is 0 Å². The molecule has 1 heterocycles. The Hall–Kier alpha value is -2.44. The van der Waals surface area contributed by atoms with Crippen LogP contribution in [0.15, 0.2) is 24.3 Å². The Kier molecular flexibility index (Phi) is 6.91. The van der Waals surface area contributed by atoms with Crippen molar-refractivity contribution in [1.29, 1.82) is 0 Å². The van der Waals surface area contributed by atoms with Gasteiger partial charge in [-0.3, -0.25) is 4.79 Å². The number of piperidine rings is 1. The maximum absolute atomic E-state index is 12.5. The largest absolute Gasteiger partial charge is 0.493 e. The molecule has 0 saturated carbocycles. The van der Waals surface area contributed by atoms with Gasteiger partial charge in [0.15, 0.2) is 11.5 Å². The number of primary amides is 1. The average molecular weight is 349 g/mol. The van der Waals surface area contributed by atoms with Gasteiger partial charge >= 0.3 is 6.03 Å². The minimum Gasteiger partial charge on any atom is -0.493 e. The molecule has 1 aliphatic rings. The van der Waals surface area contributed by atoms with E-state index in [0.29, 0.717) is 44.2 Å². The van der Waals surface area contributed by atoms with E-state index in [0.717, 1.165) is 12.8 Å². The molecular formula is C18H27N3O4. The summed E-state index contributed by atoms with van der Waals surface area (Å²) in [5.74, 6) is 1.29. The second-order valence-electron chi connectivity index (χ2n) is 6.24. The highest BCUT2D eigenvalue weighted by Crippen LogP contribution is 2.25. The Balaban J connectivity index is 1.75. The molecule has 0 bridgehead atoms. The van der Waals surface area contributed by atoms with Gasteiger partial charge in [-0.25, -0.2) is 4.79 Å². The molecule has 3 amide bonds. The number of benzene rings is 1. The van der Waals surface area contributed by atoms with Crippen LogP contribution in [-0.2, 0) is 4.79 Å². The normalized spacial score (nSPS) is 17.0. The van der Waals surface area contributed by atoms with Crippen molar-refractivity contribution in [2.75, 3.05) is 40.4 Å². The quantitative estimate of drug-likeness (QED) is 0.760. The van der Waals surface area contributed by atoms with Crippen LogP contribution < -0.4 is 15.2 Å². The number of methoxy groups -OCH3 is 1. The Morgan fingerprint density at radius 2 is 2.04 bits per heavy atom. The predicted molar refractivity (Wildman–Crippen MR) is 94.6 cm³/mol. The lowest BCUT2D eigenvalue weighted by molar-refractivity contribution is -0.135. The molecule has 2 rings (SSSR count). The van der Waals surface area contributed by atoms with Crippen molar-refractivity contribution in [1.82, 2.24) is 9.80 Å². The number of para-hydroxylation sites is 2. The fourth-order valence-corrected chi connectivity index (χ4v) is 3.02. The van der Waals surface area contributed by atoms with Gasteiger partial charge in [-0.1, -0.05) is 12.1 Å². The third-order valence-electron chi connectivity index (χ3n) is 4.42. The molecule has 7 nitrogen and oxygen atoms in total. The number of likely N-dealkylation sites (tertiary alicyclic amines) is 1. The van der Waals surface area contributed by atoms with Crippen molar-refractivity contribution in [3.05, 3.63) is 24.3 Å². The molecule has 0 spiro atoms. The maximum atomic E-state index is 12.5. The summed E-state index contributed by atoms with van der Waals surface area (Å²) in [6.07, 6.45) is 2.32. The summed E-state index contributed by atoms with van der Waals surface area (Å²) >= 11 is 0. The zero-order valence-corrected chi connectivity index (χ0v) is 14.9. The number of nitrogens with two attached hydrogens (primary N) is 1. The number of carbonyl (C=O) groups is 2. The second-order valence-corrected chi connectivity index (χ2v) is 6.24. The topological polar surface area (TPSA) is 85.1 Å². The molecule has 1 aromatic carbocycles. The first-order chi connectivity index (χ1) is 12.0. The highest BCUT2D eigenvalue weighted by molar-refractivity contribution is 5.80. The van der Waals surface area contributed by atoms with E-state index in [1.165, 1.54) is 0 Å². The molecule has 7 heteroatoms. The molecule has 0 radical (unpaired) electrons. The first-order valence-corrected chi connectivity index (χ1v) is 8.58. The number of ether oxygens (including phenoxy) is 2. The Morgan fingerprint density at radius 1 is 1.32 bits per heavy atom. The zero-order chi connectivity index (χ0) is 18.2. The highest BCUT2D eigenvalue weighted by atomic mass is 16.5. The van der Waals surface area contributed by atoms with Crippen LogP contribution >= 0.6 is 0 Å². The third kappa shape index (κ3) is 5.27. The zero-order valence-electron chi connectivity index (χ0n) is 14.9. The molecule has 0 aromatic heterocycles. The van der Waals surface area contributed by atoms with Gasteiger partial charge in [0.05, 0.1) is 19.6 Å². The number of rotatable bonds is 7. The van der Waals surface area contributed by atoms with Crippen molar-refractivity contribution < 1.29 is 19.1 Å². The molecule has 1 atom stereocenters. The van der Waals surface area contributed by atoms with E-state index in [1.54, 1.807) is 24.0 Å². The lowest BCUT2D eigenvalue weighted by atomic mass is 9.97. The summed E-state index contributed by atoms with van der Waals surface area (Å²) in [5.41, 5.74) is 5.32. The van der Waals surface area contributed by atoms with Crippen LogP contribution in [0, 0.1) is 5.92 Å². The minimum absolute atomic E-state index is 0.0586. The van der Waals surface area contributed by atoms with E-state index < -0.39 is 6.03 Å². The fraction of sp³-hybridized carbons (Fsp3) is 0.556. The number of urea groups is 1. The lowest BCUT2D eigenvalue weighted by Crippen LogP contribution is -2.47. The summed E-state index contributed by atoms with van der Waals surface area (Å²) in [4.78, 5) is 27.1. The van der Waals surface area contributed by atoms with Gasteiger partial charge in [-0.05, 0) is 31.4 Å². The van der Waals surface area contributed by atoms with Crippen LogP contribution in [0.2, 0.25) is 0 Å². The van der Waals surface area contributed by atoms with Gasteiger partial charge in [0.1, 0.15) is 0 Å². The van der Waals surface area contributed by atoms with Crippen molar-refractivity contribution in [2.24, 2.45) is 11.7 Å². The van der Waals surface area contributed by atoms with Gasteiger partial charge in [0.2, 0.25) is 5.91 Å². The van der Waals surface area contributed by atoms with Crippen molar-refractivity contribution in [3.8, 4) is 11.5 Å². The SMILES string of the molecule is COc1ccccc1OCCCN(C)C(=O)[C@@H]1CCCN(C(N)=O)C1. The highest BCUT2D eigenvalue weighted by Gasteiger charge is 2.29. The summed E-state index contributed by atoms with van der Waals surface area (Å²) in [7, 11) is 3.39. The van der Waals surface area contributed by atoms with E-state index in [2.05, 4.69) is 0 Å². The van der Waals surface area contributed by atoms with Crippen LogP contribution in [-0.4, -0.2) is 62.1 Å². The number of hydrogen-bond acceptors (Lipinski definition) is 4. The van der Waals surface area contributed by atoms with Crippen LogP contribution in [0.5, 0.6) is 11.5 Å². The van der Waals surface area contributed by atoms with E-state index in [4.69, 9.17) is 15.2 Å². The van der Waals surface area contributed by atoms with E-state index >= 15 is 0 Å². The smallest absolute Gasteiger partial charge is 0.314 e. The first-order valence-electron chi connectivity index (χ1n) is 8.58. The maximum Gasteiger partial charge on any atom is 0.314 e. The molecule has 25 heavy (non-hydrogen) atoms. The van der Waals surface area contributed by atoms with Crippen molar-refractivity contribution >= 4 is 11.9 Å². The molecule has 0 aliphatic carbocycles. The Labute approximate surface area is 148 Å². The van der Waals surface area contributed by atoms with Crippen molar-refractivity contribution in [2.45, 2.75) is 19.3 Å². The minimum atomic E-state index is -0.453. The number of nitrogens with zero attached hydrogens (tertiary/aromatic N) is 2. The molecule has 1 aromatic rings. The Bertz CT molecular complexity index is 593. The summed E-state index contributed by atoms with van der Waals surface area (Å²) in [6, 6.07) is 7.02. The lowest BCUT2D eigenvalue weighted by Gasteiger charge is -2.33. The van der Waals surface area contributed by atoms with E-state index in [9.17, 15) is 9.59 Å². The predicted octanol–water partition coefficient (Wildman–Crippen LogP) is 1.71. The van der Waals surface area contributed by atoms with Gasteiger partial charge in [0, 0.05) is 26.7 Å². The molecule has 138 valence electrons. The van der Waals surface area contributed by atoms with Crippen LogP contribution in [0.3, 0.4) is 0 Å². The second kappa shape index (κ2) is 9.15. The molecule has 0 unspecified atom stereocenters. The van der Waals surface area contributed by atoms with Crippen LogP contribution in [0.25, 0.3) is 0 Å². The summed E-state index contributed by atoms with van der Waals surface area (Å²) in [6.45, 7) is 2.14. The van der Waals surface area contributed by atoms with Crippen LogP contribution in [0.4, 0.5) is 4.79 Å². The molecule has 2 N–H and O–H groups in total. The molecule has 1 fully saturated rings. The van der Waals surface area contributed by atoms with Crippen molar-refractivity contribution in [3.63, 3.8) is 0 Å². The average Bonchev–Trinajstić information content (AvgIpc) is 2.64. The molecule has 1 aliphatic heterocycles. The molecule has 1 saturated heterocycles. The van der Waals surface area contributed by atoms with E-state index in [1.807, 2.05) is 24.3 Å². The summed E-state index contributed by atoms with van der Waals surface area (Å²) < 4.78 is 11.0. The number of hydrogen-bond donors (Lipinski definition) is 1. The summed E-state index contributed by atoms with van der Waals surface area (Å²) in [5, 5.41) is 0. The standard InChI is InChI=1S/C18H27N3O4/c1-20(17(22)14-7-5-11-21(13-14)18(19)23)10-6-12-25-16-9-4-3-8-15(16)24-2/h3-4,8-9,14H,5-7,10-13H2,1-2H3,(H2,19,23)/t14-/m1/s1. The fourth-order valence-electron chi connectivity index (χ4n) is 3.02. The number of carbonyl (C=O) groups excluding carboxylic acids is 2. The van der Waals surface area contributed by atoms with E-state index in [-0.39, 0.29) is 11.8 Å². The Morgan fingerprint density at radius 3 is 2.72 bits per heavy atom. The van der Waals surface area contributed by atoms with Gasteiger partial charge in [-0.15, -0.1) is 0 Å².